The van der Waals surface area contributed by atoms with Gasteiger partial charge in [0, 0.05) is 0 Å². The minimum atomic E-state index is -0.898. The first kappa shape index (κ1) is 18.1. The van der Waals surface area contributed by atoms with Crippen LogP contribution in [0.15, 0.2) is 28.6 Å². The van der Waals surface area contributed by atoms with Gasteiger partial charge in [-0.15, -0.1) is 10.2 Å². The molecule has 2 aromatic rings. The van der Waals surface area contributed by atoms with Gasteiger partial charge < -0.3 is 11.1 Å². The monoisotopic (exact) mass is 369 g/mol. The Morgan fingerprint density at radius 2 is 2.00 bits per heavy atom. The molecule has 1 aromatic heterocycles. The zero-order valence-corrected chi connectivity index (χ0v) is 14.6. The molecule has 3 amide bonds. The van der Waals surface area contributed by atoms with Crippen LogP contribution in [0.4, 0.5) is 20.0 Å². The number of imide groups is 1. The zero-order valence-electron chi connectivity index (χ0n) is 12.9. The molecule has 7 nitrogen and oxygen atoms in total. The number of nitrogens with two attached hydrogens (primary N) is 1. The summed E-state index contributed by atoms with van der Waals surface area (Å²) < 4.78 is 14.1. The van der Waals surface area contributed by atoms with Gasteiger partial charge in [-0.3, -0.25) is 10.1 Å². The molecule has 0 aliphatic heterocycles. The number of carbonyl (C=O) groups is 2. The van der Waals surface area contributed by atoms with E-state index in [0.717, 1.165) is 0 Å². The molecule has 4 N–H and O–H groups in total. The molecule has 128 valence electrons. The molecular formula is C14H16FN5O2S2. The fraction of sp³-hybridized carbons (Fsp3) is 0.286. The van der Waals surface area contributed by atoms with E-state index in [4.69, 9.17) is 5.73 Å². The molecule has 0 spiro atoms. The number of anilines is 2. The smallest absolute Gasteiger partial charge is 0.318 e. The highest BCUT2D eigenvalue weighted by Gasteiger charge is 2.26. The van der Waals surface area contributed by atoms with Crippen LogP contribution in [0.25, 0.3) is 0 Å². The van der Waals surface area contributed by atoms with Crippen LogP contribution < -0.4 is 16.4 Å². The van der Waals surface area contributed by atoms with Crippen molar-refractivity contribution in [1.82, 2.24) is 15.5 Å². The first-order chi connectivity index (χ1) is 11.4. The zero-order chi connectivity index (χ0) is 17.7. The second-order valence-electron chi connectivity index (χ2n) is 5.11. The van der Waals surface area contributed by atoms with Crippen LogP contribution >= 0.6 is 23.1 Å². The van der Waals surface area contributed by atoms with Crippen LogP contribution in [-0.4, -0.2) is 27.4 Å². The van der Waals surface area contributed by atoms with Gasteiger partial charge in [0.2, 0.25) is 11.0 Å². The highest BCUT2D eigenvalue weighted by Crippen LogP contribution is 2.33. The Morgan fingerprint density at radius 3 is 2.62 bits per heavy atom. The van der Waals surface area contributed by atoms with Crippen LogP contribution in [0.2, 0.25) is 0 Å². The predicted molar refractivity (Wildman–Crippen MR) is 91.8 cm³/mol. The quantitative estimate of drug-likeness (QED) is 0.675. The SMILES string of the molecule is CC(C)C(Sc1nnc(Nc2ccccc2F)s1)C(=O)NC(N)=O. The number of hydrogen-bond acceptors (Lipinski definition) is 7. The molecule has 1 aromatic carbocycles. The molecule has 0 saturated heterocycles. The Morgan fingerprint density at radius 1 is 1.29 bits per heavy atom. The Balaban J connectivity index is 2.07. The van der Waals surface area contributed by atoms with Gasteiger partial charge in [0.05, 0.1) is 10.9 Å². The number of aromatic nitrogens is 2. The Hall–Kier alpha value is -2.20. The molecular weight excluding hydrogens is 353 g/mol. The van der Waals surface area contributed by atoms with Crippen LogP contribution in [0, 0.1) is 11.7 Å². The number of amides is 3. The Bertz CT molecular complexity index is 737. The number of primary amides is 1. The van der Waals surface area contributed by atoms with Crippen LogP contribution in [0.3, 0.4) is 0 Å². The maximum Gasteiger partial charge on any atom is 0.318 e. The van der Waals surface area contributed by atoms with Gasteiger partial charge in [-0.2, -0.15) is 0 Å². The number of benzene rings is 1. The number of para-hydroxylation sites is 1. The van der Waals surface area contributed by atoms with Gasteiger partial charge in [0.25, 0.3) is 0 Å². The lowest BCUT2D eigenvalue weighted by Gasteiger charge is -2.16. The third kappa shape index (κ3) is 4.90. The summed E-state index contributed by atoms with van der Waals surface area (Å²) in [6.07, 6.45) is 0. The van der Waals surface area contributed by atoms with Crippen LogP contribution in [-0.2, 0) is 4.79 Å². The van der Waals surface area contributed by atoms with Crippen molar-refractivity contribution in [1.29, 1.82) is 0 Å². The molecule has 1 unspecified atom stereocenters. The van der Waals surface area contributed by atoms with E-state index >= 15 is 0 Å². The maximum atomic E-state index is 13.6. The molecule has 0 radical (unpaired) electrons. The van der Waals surface area contributed by atoms with Crippen molar-refractivity contribution >= 4 is 45.9 Å². The number of halogens is 1. The molecule has 1 heterocycles. The molecule has 0 fully saturated rings. The molecule has 1 atom stereocenters. The fourth-order valence-electron chi connectivity index (χ4n) is 1.78. The number of rotatable bonds is 6. The molecule has 2 rings (SSSR count). The number of urea groups is 1. The van der Waals surface area contributed by atoms with Crippen molar-refractivity contribution in [2.24, 2.45) is 11.7 Å². The number of thioether (sulfide) groups is 1. The highest BCUT2D eigenvalue weighted by molar-refractivity contribution is 8.02. The fourth-order valence-corrected chi connectivity index (χ4v) is 3.75. The predicted octanol–water partition coefficient (Wildman–Crippen LogP) is 2.73. The van der Waals surface area contributed by atoms with E-state index in [2.05, 4.69) is 20.8 Å². The van der Waals surface area contributed by atoms with Gasteiger partial charge in [-0.05, 0) is 18.1 Å². The summed E-state index contributed by atoms with van der Waals surface area (Å²) in [5, 5.41) is 12.7. The standard InChI is InChI=1S/C14H16FN5O2S2/c1-7(2)10(11(21)18-12(16)22)23-14-20-19-13(24-14)17-9-6-4-3-5-8(9)15/h3-7,10H,1-2H3,(H,17,19)(H3,16,18,21,22). The third-order valence-electron chi connectivity index (χ3n) is 2.86. The van der Waals surface area contributed by atoms with Gasteiger partial charge in [0.15, 0.2) is 4.34 Å². The average Bonchev–Trinajstić information content (AvgIpc) is 2.93. The molecule has 0 aliphatic carbocycles. The van der Waals surface area contributed by atoms with Crippen LogP contribution in [0.5, 0.6) is 0 Å². The largest absolute Gasteiger partial charge is 0.351 e. The van der Waals surface area contributed by atoms with E-state index in [9.17, 15) is 14.0 Å². The van der Waals surface area contributed by atoms with Gasteiger partial charge in [-0.1, -0.05) is 49.1 Å². The number of nitrogens with one attached hydrogen (secondary N) is 2. The normalized spacial score (nSPS) is 12.0. The molecule has 0 bridgehead atoms. The van der Waals surface area contributed by atoms with Crippen molar-refractivity contribution in [3.63, 3.8) is 0 Å². The van der Waals surface area contributed by atoms with Gasteiger partial charge in [0.1, 0.15) is 5.82 Å². The number of nitrogens with zero attached hydrogens (tertiary/aromatic N) is 2. The molecule has 0 aliphatic rings. The van der Waals surface area contributed by atoms with E-state index in [1.54, 1.807) is 18.2 Å². The maximum absolute atomic E-state index is 13.6. The van der Waals surface area contributed by atoms with Crippen molar-refractivity contribution in [2.45, 2.75) is 23.4 Å². The van der Waals surface area contributed by atoms with Crippen molar-refractivity contribution < 1.29 is 14.0 Å². The lowest BCUT2D eigenvalue weighted by molar-refractivity contribution is -0.120. The lowest BCUT2D eigenvalue weighted by atomic mass is 10.1. The topological polar surface area (TPSA) is 110 Å². The van der Waals surface area contributed by atoms with E-state index < -0.39 is 23.0 Å². The molecule has 24 heavy (non-hydrogen) atoms. The third-order valence-corrected chi connectivity index (χ3v) is 5.33. The summed E-state index contributed by atoms with van der Waals surface area (Å²) in [4.78, 5) is 22.8. The lowest BCUT2D eigenvalue weighted by Crippen LogP contribution is -2.42. The van der Waals surface area contributed by atoms with Crippen molar-refractivity contribution in [2.75, 3.05) is 5.32 Å². The Labute approximate surface area is 146 Å². The summed E-state index contributed by atoms with van der Waals surface area (Å²) in [5.41, 5.74) is 5.27. The summed E-state index contributed by atoms with van der Waals surface area (Å²) in [5.74, 6) is -0.940. The second kappa shape index (κ2) is 8.06. The molecule has 0 saturated carbocycles. The van der Waals surface area contributed by atoms with E-state index in [1.807, 2.05) is 13.8 Å². The van der Waals surface area contributed by atoms with Crippen molar-refractivity contribution in [3.05, 3.63) is 30.1 Å². The minimum absolute atomic E-state index is 0.0544. The number of hydrogen-bond donors (Lipinski definition) is 3. The summed E-state index contributed by atoms with van der Waals surface area (Å²) >= 11 is 2.36. The summed E-state index contributed by atoms with van der Waals surface area (Å²) in [6, 6.07) is 5.31. The highest BCUT2D eigenvalue weighted by atomic mass is 32.2. The Kier molecular flexibility index (Phi) is 6.10. The summed E-state index contributed by atoms with van der Waals surface area (Å²) in [6.45, 7) is 3.69. The minimum Gasteiger partial charge on any atom is -0.351 e. The molecule has 10 heteroatoms. The first-order valence-electron chi connectivity index (χ1n) is 6.99. The van der Waals surface area contributed by atoms with E-state index in [0.29, 0.717) is 9.47 Å². The summed E-state index contributed by atoms with van der Waals surface area (Å²) in [7, 11) is 0. The first-order valence-corrected chi connectivity index (χ1v) is 8.68. The van der Waals surface area contributed by atoms with E-state index in [1.165, 1.54) is 29.2 Å². The van der Waals surface area contributed by atoms with E-state index in [-0.39, 0.29) is 11.6 Å². The van der Waals surface area contributed by atoms with Gasteiger partial charge in [-0.25, -0.2) is 9.18 Å². The number of carbonyl (C=O) groups excluding carboxylic acids is 2. The second-order valence-corrected chi connectivity index (χ2v) is 7.48. The average molecular weight is 369 g/mol. The van der Waals surface area contributed by atoms with Crippen molar-refractivity contribution in [3.8, 4) is 0 Å². The van der Waals surface area contributed by atoms with Gasteiger partial charge >= 0.3 is 6.03 Å². The van der Waals surface area contributed by atoms with Crippen LogP contribution in [0.1, 0.15) is 13.8 Å².